The molecule has 0 bridgehead atoms. The van der Waals surface area contributed by atoms with Crippen LogP contribution in [0, 0.1) is 10.1 Å². The van der Waals surface area contributed by atoms with Crippen LogP contribution >= 0.6 is 0 Å². The van der Waals surface area contributed by atoms with Crippen LogP contribution in [-0.4, -0.2) is 34.6 Å². The summed E-state index contributed by atoms with van der Waals surface area (Å²) in [6, 6.07) is 7.09. The summed E-state index contributed by atoms with van der Waals surface area (Å²) >= 11 is 0. The van der Waals surface area contributed by atoms with Gasteiger partial charge in [0.2, 0.25) is 5.91 Å². The van der Waals surface area contributed by atoms with Gasteiger partial charge in [0.15, 0.2) is 0 Å². The second-order valence-corrected chi connectivity index (χ2v) is 4.70. The predicted octanol–water partition coefficient (Wildman–Crippen LogP) is -1.26. The van der Waals surface area contributed by atoms with E-state index in [1.165, 1.54) is 24.6 Å². The molecule has 9 nitrogen and oxygen atoms in total. The van der Waals surface area contributed by atoms with Crippen molar-refractivity contribution in [2.45, 2.75) is 0 Å². The number of nitrogens with one attached hydrogen (secondary N) is 1. The first-order valence-corrected chi connectivity index (χ1v) is 6.51. The summed E-state index contributed by atoms with van der Waals surface area (Å²) in [6.45, 7) is -0.134. The molecular weight excluding hydrogens is 327 g/mol. The van der Waals surface area contributed by atoms with Gasteiger partial charge in [0.05, 0.1) is 17.4 Å². The van der Waals surface area contributed by atoms with Crippen LogP contribution in [0.15, 0.2) is 46.1 Å². The van der Waals surface area contributed by atoms with E-state index in [-0.39, 0.29) is 41.8 Å². The maximum atomic E-state index is 11.3. The van der Waals surface area contributed by atoms with Crippen molar-refractivity contribution in [1.82, 2.24) is 10.3 Å². The first-order valence-electron chi connectivity index (χ1n) is 6.51. The standard InChI is InChI=1S/C14H10N4O5.Na/c19-13-7-17(14(20)16-13)15-6-12-5-10(8-23-12)9-1-3-11(4-2-9)18(21)22;/h1-6,8H,7H2,(H,16,19,20);/q;+1/b15-6+;. The summed E-state index contributed by atoms with van der Waals surface area (Å²) in [5.41, 5.74) is 1.46. The van der Waals surface area contributed by atoms with Crippen LogP contribution in [0.4, 0.5) is 10.5 Å². The SMILES string of the molecule is O=C1CN(/N=C/c2cc(-c3ccc([N+](=O)[O-])cc3)co2)C(=O)N1.[Na+]. The molecule has 1 aliphatic rings. The minimum atomic E-state index is -0.589. The van der Waals surface area contributed by atoms with E-state index in [0.29, 0.717) is 11.3 Å². The molecule has 3 rings (SSSR count). The number of nitrogens with zero attached hydrogens (tertiary/aromatic N) is 3. The quantitative estimate of drug-likeness (QED) is 0.246. The Balaban J connectivity index is 0.00000208. The summed E-state index contributed by atoms with van der Waals surface area (Å²) in [5.74, 6) is -0.0383. The zero-order valence-corrected chi connectivity index (χ0v) is 14.6. The van der Waals surface area contributed by atoms with E-state index < -0.39 is 16.9 Å². The number of non-ortho nitro benzene ring substituents is 1. The average Bonchev–Trinajstić information content (AvgIpc) is 3.11. The molecule has 1 aliphatic heterocycles. The molecule has 1 aromatic carbocycles. The molecule has 0 atom stereocenters. The van der Waals surface area contributed by atoms with Gasteiger partial charge in [-0.15, -0.1) is 0 Å². The van der Waals surface area contributed by atoms with Gasteiger partial charge in [0.25, 0.3) is 5.69 Å². The van der Waals surface area contributed by atoms with Crippen molar-refractivity contribution in [2.24, 2.45) is 5.10 Å². The maximum absolute atomic E-state index is 11.3. The number of rotatable bonds is 4. The Bertz CT molecular complexity index is 815. The van der Waals surface area contributed by atoms with Crippen LogP contribution in [0.1, 0.15) is 5.76 Å². The van der Waals surface area contributed by atoms with Gasteiger partial charge in [-0.1, -0.05) is 0 Å². The predicted molar refractivity (Wildman–Crippen MR) is 78.6 cm³/mol. The topological polar surface area (TPSA) is 118 Å². The van der Waals surface area contributed by atoms with Gasteiger partial charge in [-0.25, -0.2) is 9.80 Å². The van der Waals surface area contributed by atoms with Gasteiger partial charge < -0.3 is 4.42 Å². The minimum Gasteiger partial charge on any atom is -0.463 e. The maximum Gasteiger partial charge on any atom is 1.00 e. The fourth-order valence-corrected chi connectivity index (χ4v) is 2.00. The molecule has 1 saturated heterocycles. The van der Waals surface area contributed by atoms with Gasteiger partial charge in [0, 0.05) is 17.7 Å². The molecule has 1 aromatic heterocycles. The van der Waals surface area contributed by atoms with Gasteiger partial charge >= 0.3 is 35.6 Å². The van der Waals surface area contributed by atoms with E-state index in [4.69, 9.17) is 4.42 Å². The normalized spacial score (nSPS) is 13.9. The Morgan fingerprint density at radius 3 is 2.54 bits per heavy atom. The number of imide groups is 1. The molecule has 0 spiro atoms. The van der Waals surface area contributed by atoms with Crippen LogP contribution in [-0.2, 0) is 4.79 Å². The van der Waals surface area contributed by atoms with Crippen LogP contribution < -0.4 is 34.9 Å². The van der Waals surface area contributed by atoms with Crippen LogP contribution in [0.2, 0.25) is 0 Å². The van der Waals surface area contributed by atoms with Crippen molar-refractivity contribution in [3.8, 4) is 11.1 Å². The van der Waals surface area contributed by atoms with E-state index in [1.807, 2.05) is 0 Å². The van der Waals surface area contributed by atoms with E-state index in [9.17, 15) is 19.7 Å². The zero-order chi connectivity index (χ0) is 16.4. The molecule has 2 heterocycles. The number of amides is 3. The number of carbonyl (C=O) groups is 2. The summed E-state index contributed by atoms with van der Waals surface area (Å²) < 4.78 is 5.29. The van der Waals surface area contributed by atoms with Crippen molar-refractivity contribution in [2.75, 3.05) is 6.54 Å². The molecule has 0 aliphatic carbocycles. The molecule has 24 heavy (non-hydrogen) atoms. The fraction of sp³-hybridized carbons (Fsp3) is 0.0714. The third-order valence-corrected chi connectivity index (χ3v) is 3.13. The number of nitro groups is 1. The Morgan fingerprint density at radius 2 is 1.96 bits per heavy atom. The Morgan fingerprint density at radius 1 is 1.25 bits per heavy atom. The van der Waals surface area contributed by atoms with E-state index >= 15 is 0 Å². The largest absolute Gasteiger partial charge is 1.00 e. The van der Waals surface area contributed by atoms with Gasteiger partial charge in [-0.05, 0) is 23.8 Å². The number of hydrazone groups is 1. The number of urea groups is 1. The van der Waals surface area contributed by atoms with Crippen molar-refractivity contribution < 1.29 is 48.5 Å². The zero-order valence-electron chi connectivity index (χ0n) is 12.6. The van der Waals surface area contributed by atoms with Crippen molar-refractivity contribution in [3.63, 3.8) is 0 Å². The minimum absolute atomic E-state index is 0. The molecule has 0 unspecified atom stereocenters. The molecular formula is C14H10N4NaO5+. The van der Waals surface area contributed by atoms with E-state index in [1.54, 1.807) is 18.2 Å². The monoisotopic (exact) mass is 337 g/mol. The average molecular weight is 337 g/mol. The second kappa shape index (κ2) is 7.39. The molecule has 1 fully saturated rings. The molecule has 0 radical (unpaired) electrons. The molecule has 1 N–H and O–H groups in total. The van der Waals surface area contributed by atoms with Crippen molar-refractivity contribution in [3.05, 3.63) is 52.5 Å². The smallest absolute Gasteiger partial charge is 0.463 e. The van der Waals surface area contributed by atoms with Crippen molar-refractivity contribution in [1.29, 1.82) is 0 Å². The summed E-state index contributed by atoms with van der Waals surface area (Å²) in [6.07, 6.45) is 2.78. The molecule has 116 valence electrons. The van der Waals surface area contributed by atoms with Crippen LogP contribution in [0.25, 0.3) is 11.1 Å². The van der Waals surface area contributed by atoms with Crippen molar-refractivity contribution >= 4 is 23.8 Å². The van der Waals surface area contributed by atoms with E-state index in [0.717, 1.165) is 10.6 Å². The Labute approximate surface area is 157 Å². The number of furan rings is 1. The first kappa shape index (κ1) is 17.9. The first-order chi connectivity index (χ1) is 11.0. The number of nitro benzene ring substituents is 1. The fourth-order valence-electron chi connectivity index (χ4n) is 2.00. The number of carbonyl (C=O) groups excluding carboxylic acids is 2. The summed E-state index contributed by atoms with van der Waals surface area (Å²) in [7, 11) is 0. The molecule has 3 amide bonds. The van der Waals surface area contributed by atoms with Crippen LogP contribution in [0.5, 0.6) is 0 Å². The molecule has 10 heteroatoms. The van der Waals surface area contributed by atoms with E-state index in [2.05, 4.69) is 10.4 Å². The summed E-state index contributed by atoms with van der Waals surface area (Å²) in [5, 5.41) is 17.6. The molecule has 0 saturated carbocycles. The number of hydrogen-bond acceptors (Lipinski definition) is 6. The Kier molecular flexibility index (Phi) is 5.50. The third-order valence-electron chi connectivity index (χ3n) is 3.13. The van der Waals surface area contributed by atoms with Crippen LogP contribution in [0.3, 0.4) is 0 Å². The number of hydrogen-bond donors (Lipinski definition) is 1. The number of benzene rings is 1. The van der Waals surface area contributed by atoms with Gasteiger partial charge in [-0.2, -0.15) is 5.10 Å². The summed E-state index contributed by atoms with van der Waals surface area (Å²) in [4.78, 5) is 32.5. The molecule has 2 aromatic rings. The third kappa shape index (κ3) is 3.88. The van der Waals surface area contributed by atoms with Gasteiger partial charge in [-0.3, -0.25) is 20.2 Å². The second-order valence-electron chi connectivity index (χ2n) is 4.70. The Hall–Kier alpha value is -2.49. The van der Waals surface area contributed by atoms with Gasteiger partial charge in [0.1, 0.15) is 12.3 Å².